The average molecular weight is 235 g/mol. The highest BCUT2D eigenvalue weighted by molar-refractivity contribution is 5.27. The Kier molecular flexibility index (Phi) is 2.82. The smallest absolute Gasteiger partial charge is 0.292 e. The van der Waals surface area contributed by atoms with Gasteiger partial charge in [0.2, 0.25) is 0 Å². The standard InChI is InChI=1S/C13H21N3O/c1-2-7-16-8-3-4-9-11(16)6-5-10-12(9)17-13(14)15-10/h9,11H,2-8H2,1H3,(H2,14,15). The number of piperidine rings is 1. The molecule has 2 atom stereocenters. The Morgan fingerprint density at radius 3 is 3.18 bits per heavy atom. The first-order chi connectivity index (χ1) is 8.29. The summed E-state index contributed by atoms with van der Waals surface area (Å²) in [6, 6.07) is 1.01. The Bertz CT molecular complexity index is 399. The zero-order valence-corrected chi connectivity index (χ0v) is 10.5. The van der Waals surface area contributed by atoms with Gasteiger partial charge >= 0.3 is 0 Å². The van der Waals surface area contributed by atoms with Crippen LogP contribution in [0.4, 0.5) is 6.01 Å². The van der Waals surface area contributed by atoms with E-state index in [-0.39, 0.29) is 0 Å². The van der Waals surface area contributed by atoms with E-state index in [2.05, 4.69) is 16.8 Å². The van der Waals surface area contributed by atoms with Gasteiger partial charge in [0.25, 0.3) is 6.01 Å². The number of aryl methyl sites for hydroxylation is 1. The molecule has 17 heavy (non-hydrogen) atoms. The van der Waals surface area contributed by atoms with Gasteiger partial charge in [0, 0.05) is 12.0 Å². The molecule has 0 bridgehead atoms. The van der Waals surface area contributed by atoms with Gasteiger partial charge in [-0.2, -0.15) is 4.98 Å². The Labute approximate surface area is 102 Å². The van der Waals surface area contributed by atoms with Gasteiger partial charge in [-0.3, -0.25) is 4.90 Å². The van der Waals surface area contributed by atoms with Crippen LogP contribution in [-0.2, 0) is 6.42 Å². The van der Waals surface area contributed by atoms with Crippen LogP contribution in [0.25, 0.3) is 0 Å². The Morgan fingerprint density at radius 2 is 2.35 bits per heavy atom. The molecule has 2 N–H and O–H groups in total. The second-order valence-corrected chi connectivity index (χ2v) is 5.25. The molecule has 1 saturated heterocycles. The molecule has 1 aromatic heterocycles. The van der Waals surface area contributed by atoms with E-state index in [9.17, 15) is 0 Å². The number of oxazole rings is 1. The summed E-state index contributed by atoms with van der Waals surface area (Å²) in [6.07, 6.45) is 5.96. The summed E-state index contributed by atoms with van der Waals surface area (Å²) in [4.78, 5) is 6.94. The second-order valence-electron chi connectivity index (χ2n) is 5.25. The van der Waals surface area contributed by atoms with Crippen LogP contribution >= 0.6 is 0 Å². The predicted octanol–water partition coefficient (Wildman–Crippen LogP) is 2.16. The van der Waals surface area contributed by atoms with Gasteiger partial charge < -0.3 is 10.2 Å². The van der Waals surface area contributed by atoms with E-state index in [1.165, 1.54) is 38.8 Å². The van der Waals surface area contributed by atoms with Crippen molar-refractivity contribution in [2.75, 3.05) is 18.8 Å². The van der Waals surface area contributed by atoms with Crippen LogP contribution in [0.5, 0.6) is 0 Å². The van der Waals surface area contributed by atoms with Crippen molar-refractivity contribution >= 4 is 6.01 Å². The number of fused-ring (bicyclic) bond motifs is 3. The number of nitrogen functional groups attached to an aromatic ring is 1. The lowest BCUT2D eigenvalue weighted by Gasteiger charge is -2.42. The highest BCUT2D eigenvalue weighted by Gasteiger charge is 2.39. The average Bonchev–Trinajstić information content (AvgIpc) is 2.70. The third-order valence-corrected chi connectivity index (χ3v) is 4.16. The molecule has 3 rings (SSSR count). The molecule has 2 aliphatic rings. The summed E-state index contributed by atoms with van der Waals surface area (Å²) in [5.74, 6) is 1.61. The third-order valence-electron chi connectivity index (χ3n) is 4.16. The highest BCUT2D eigenvalue weighted by Crippen LogP contribution is 2.41. The lowest BCUT2D eigenvalue weighted by molar-refractivity contribution is 0.102. The molecule has 4 nitrogen and oxygen atoms in total. The second kappa shape index (κ2) is 4.33. The maximum absolute atomic E-state index is 5.68. The van der Waals surface area contributed by atoms with Crippen molar-refractivity contribution in [2.24, 2.45) is 0 Å². The van der Waals surface area contributed by atoms with Gasteiger partial charge in [-0.1, -0.05) is 6.92 Å². The van der Waals surface area contributed by atoms with Crippen molar-refractivity contribution in [2.45, 2.75) is 51.0 Å². The monoisotopic (exact) mass is 235 g/mol. The Morgan fingerprint density at radius 1 is 1.47 bits per heavy atom. The van der Waals surface area contributed by atoms with E-state index in [1.807, 2.05) is 0 Å². The fourth-order valence-corrected chi connectivity index (χ4v) is 3.52. The fourth-order valence-electron chi connectivity index (χ4n) is 3.52. The number of likely N-dealkylation sites (tertiary alicyclic amines) is 1. The lowest BCUT2D eigenvalue weighted by Crippen LogP contribution is -2.46. The van der Waals surface area contributed by atoms with Gasteiger partial charge in [-0.05, 0) is 45.2 Å². The largest absolute Gasteiger partial charge is 0.428 e. The van der Waals surface area contributed by atoms with E-state index in [0.717, 1.165) is 17.9 Å². The minimum absolute atomic E-state index is 0.350. The summed E-state index contributed by atoms with van der Waals surface area (Å²) in [6.45, 7) is 4.71. The van der Waals surface area contributed by atoms with Crippen molar-refractivity contribution in [3.8, 4) is 0 Å². The first-order valence-electron chi connectivity index (χ1n) is 6.78. The number of aromatic nitrogens is 1. The zero-order chi connectivity index (χ0) is 11.8. The van der Waals surface area contributed by atoms with Crippen molar-refractivity contribution in [3.63, 3.8) is 0 Å². The van der Waals surface area contributed by atoms with Crippen molar-refractivity contribution < 1.29 is 4.42 Å². The van der Waals surface area contributed by atoms with E-state index in [1.54, 1.807) is 0 Å². The molecule has 1 aromatic rings. The van der Waals surface area contributed by atoms with Gasteiger partial charge in [0.15, 0.2) is 0 Å². The molecule has 94 valence electrons. The van der Waals surface area contributed by atoms with Crippen molar-refractivity contribution in [1.29, 1.82) is 0 Å². The maximum atomic E-state index is 5.68. The van der Waals surface area contributed by atoms with E-state index in [0.29, 0.717) is 18.0 Å². The van der Waals surface area contributed by atoms with Gasteiger partial charge in [-0.15, -0.1) is 0 Å². The lowest BCUT2D eigenvalue weighted by atomic mass is 9.79. The SMILES string of the molecule is CCCN1CCCC2c3oc(N)nc3CCC21. The Balaban J connectivity index is 1.87. The van der Waals surface area contributed by atoms with E-state index < -0.39 is 0 Å². The fraction of sp³-hybridized carbons (Fsp3) is 0.769. The first kappa shape index (κ1) is 11.1. The van der Waals surface area contributed by atoms with Crippen LogP contribution in [-0.4, -0.2) is 29.0 Å². The minimum Gasteiger partial charge on any atom is -0.428 e. The Hall–Kier alpha value is -1.03. The molecule has 4 heteroatoms. The molecule has 1 aliphatic heterocycles. The summed E-state index contributed by atoms with van der Waals surface area (Å²) in [5.41, 5.74) is 6.80. The maximum Gasteiger partial charge on any atom is 0.292 e. The normalized spacial score (nSPS) is 28.8. The molecule has 0 aromatic carbocycles. The quantitative estimate of drug-likeness (QED) is 0.853. The van der Waals surface area contributed by atoms with Crippen LogP contribution < -0.4 is 5.73 Å². The van der Waals surface area contributed by atoms with Gasteiger partial charge in [-0.25, -0.2) is 0 Å². The molecule has 0 radical (unpaired) electrons. The molecule has 2 heterocycles. The predicted molar refractivity (Wildman–Crippen MR) is 66.9 cm³/mol. The number of hydrogen-bond acceptors (Lipinski definition) is 4. The molecule has 1 fully saturated rings. The van der Waals surface area contributed by atoms with Gasteiger partial charge in [0.05, 0.1) is 5.69 Å². The molecule has 0 saturated carbocycles. The number of rotatable bonds is 2. The molecule has 1 aliphatic carbocycles. The van der Waals surface area contributed by atoms with Crippen LogP contribution in [0.2, 0.25) is 0 Å². The third kappa shape index (κ3) is 1.84. The van der Waals surface area contributed by atoms with E-state index in [4.69, 9.17) is 10.2 Å². The summed E-state index contributed by atoms with van der Waals surface area (Å²) < 4.78 is 5.64. The summed E-state index contributed by atoms with van der Waals surface area (Å²) in [7, 11) is 0. The number of nitrogens with zero attached hydrogens (tertiary/aromatic N) is 2. The minimum atomic E-state index is 0.350. The number of anilines is 1. The first-order valence-corrected chi connectivity index (χ1v) is 6.78. The van der Waals surface area contributed by atoms with Crippen molar-refractivity contribution in [3.05, 3.63) is 11.5 Å². The summed E-state index contributed by atoms with van der Waals surface area (Å²) >= 11 is 0. The summed E-state index contributed by atoms with van der Waals surface area (Å²) in [5, 5.41) is 0. The highest BCUT2D eigenvalue weighted by atomic mass is 16.4. The molecule has 2 unspecified atom stereocenters. The van der Waals surface area contributed by atoms with Crippen LogP contribution in [0.3, 0.4) is 0 Å². The van der Waals surface area contributed by atoms with E-state index >= 15 is 0 Å². The molecule has 0 amide bonds. The number of hydrogen-bond donors (Lipinski definition) is 1. The van der Waals surface area contributed by atoms with Crippen molar-refractivity contribution in [1.82, 2.24) is 9.88 Å². The topological polar surface area (TPSA) is 55.3 Å². The van der Waals surface area contributed by atoms with Crippen LogP contribution in [0.1, 0.15) is 50.0 Å². The van der Waals surface area contributed by atoms with Crippen LogP contribution in [0.15, 0.2) is 4.42 Å². The molecular weight excluding hydrogens is 214 g/mol. The van der Waals surface area contributed by atoms with Gasteiger partial charge in [0.1, 0.15) is 5.76 Å². The number of nitrogens with two attached hydrogens (primary N) is 1. The molecule has 0 spiro atoms. The zero-order valence-electron chi connectivity index (χ0n) is 10.5. The van der Waals surface area contributed by atoms with Crippen LogP contribution in [0, 0.1) is 0 Å². The molecular formula is C13H21N3O.